The molecule has 2 rings (SSSR count). The maximum atomic E-state index is 6.14. The van der Waals surface area contributed by atoms with Crippen LogP contribution in [0.1, 0.15) is 24.1 Å². The maximum Gasteiger partial charge on any atom is 0.213 e. The van der Waals surface area contributed by atoms with Gasteiger partial charge in [-0.1, -0.05) is 30.7 Å². The summed E-state index contributed by atoms with van der Waals surface area (Å²) in [6.45, 7) is 2.50. The molecule has 0 saturated heterocycles. The van der Waals surface area contributed by atoms with Crippen LogP contribution < -0.4 is 11.1 Å². The number of hydrogen-bond donors (Lipinski definition) is 2. The Morgan fingerprint density at radius 2 is 2.32 bits per heavy atom. The molecular weight excluding hydrogens is 282 g/mol. The summed E-state index contributed by atoms with van der Waals surface area (Å²) in [7, 11) is 0. The van der Waals surface area contributed by atoms with Crippen LogP contribution in [-0.2, 0) is 13.0 Å². The fourth-order valence-electron chi connectivity index (χ4n) is 1.58. The Kier molecular flexibility index (Phi) is 4.39. The monoisotopic (exact) mass is 295 g/mol. The van der Waals surface area contributed by atoms with Gasteiger partial charge >= 0.3 is 0 Å². The number of nitrogens with two attached hydrogens (primary N) is 1. The van der Waals surface area contributed by atoms with E-state index in [0.717, 1.165) is 23.4 Å². The van der Waals surface area contributed by atoms with Gasteiger partial charge in [0.25, 0.3) is 0 Å². The van der Waals surface area contributed by atoms with Gasteiger partial charge in [0.05, 0.1) is 23.5 Å². The molecule has 0 bridgehead atoms. The van der Waals surface area contributed by atoms with Crippen LogP contribution >= 0.6 is 23.8 Å². The first-order chi connectivity index (χ1) is 9.10. The summed E-state index contributed by atoms with van der Waals surface area (Å²) in [5, 5.41) is 3.72. The number of nitrogens with zero attached hydrogens (tertiary/aromatic N) is 1. The number of rotatable bonds is 5. The first kappa shape index (κ1) is 13.8. The van der Waals surface area contributed by atoms with Crippen LogP contribution in [-0.4, -0.2) is 9.97 Å². The number of thiocarbonyl (C=S) groups is 1. The standard InChI is InChI=1S/C13H14ClN3OS/c1-2-9-6-17-12(18-9)7-16-11-4-3-8(13(15)19)5-10(11)14/h3-6,16H,2,7H2,1H3,(H2,15,19). The van der Waals surface area contributed by atoms with Gasteiger partial charge in [-0.15, -0.1) is 0 Å². The van der Waals surface area contributed by atoms with E-state index >= 15 is 0 Å². The van der Waals surface area contributed by atoms with Crippen molar-refractivity contribution < 1.29 is 4.42 Å². The molecule has 0 aliphatic rings. The van der Waals surface area contributed by atoms with Crippen molar-refractivity contribution in [1.82, 2.24) is 4.98 Å². The average Bonchev–Trinajstić information content (AvgIpc) is 2.85. The second-order valence-corrected chi connectivity index (χ2v) is 4.83. The van der Waals surface area contributed by atoms with E-state index in [1.54, 1.807) is 12.3 Å². The number of oxazole rings is 1. The van der Waals surface area contributed by atoms with E-state index in [-0.39, 0.29) is 0 Å². The van der Waals surface area contributed by atoms with Gasteiger partial charge in [0.2, 0.25) is 5.89 Å². The zero-order valence-corrected chi connectivity index (χ0v) is 12.0. The molecule has 0 spiro atoms. The smallest absolute Gasteiger partial charge is 0.213 e. The predicted octanol–water partition coefficient (Wildman–Crippen LogP) is 3.14. The van der Waals surface area contributed by atoms with Gasteiger partial charge in [-0.2, -0.15) is 0 Å². The summed E-state index contributed by atoms with van der Waals surface area (Å²) in [5.74, 6) is 1.50. The molecule has 0 aliphatic carbocycles. The van der Waals surface area contributed by atoms with Crippen LogP contribution in [0.5, 0.6) is 0 Å². The normalized spacial score (nSPS) is 10.4. The van der Waals surface area contributed by atoms with Crippen molar-refractivity contribution in [2.24, 2.45) is 5.73 Å². The number of aromatic nitrogens is 1. The summed E-state index contributed by atoms with van der Waals surface area (Å²) < 4.78 is 5.50. The molecule has 0 amide bonds. The Balaban J connectivity index is 2.05. The second kappa shape index (κ2) is 6.04. The second-order valence-electron chi connectivity index (χ2n) is 3.99. The molecule has 0 aliphatic heterocycles. The van der Waals surface area contributed by atoms with Gasteiger partial charge in [-0.25, -0.2) is 4.98 Å². The summed E-state index contributed by atoms with van der Waals surface area (Å²) in [4.78, 5) is 4.49. The fourth-order valence-corrected chi connectivity index (χ4v) is 1.95. The van der Waals surface area contributed by atoms with Crippen LogP contribution in [0, 0.1) is 0 Å². The van der Waals surface area contributed by atoms with E-state index in [2.05, 4.69) is 10.3 Å². The first-order valence-electron chi connectivity index (χ1n) is 5.87. The number of benzene rings is 1. The lowest BCUT2D eigenvalue weighted by Crippen LogP contribution is -2.09. The van der Waals surface area contributed by atoms with Crippen LogP contribution in [0.3, 0.4) is 0 Å². The minimum atomic E-state index is 0.328. The van der Waals surface area contributed by atoms with E-state index in [1.165, 1.54) is 0 Å². The van der Waals surface area contributed by atoms with E-state index in [9.17, 15) is 0 Å². The molecule has 1 aromatic heterocycles. The highest BCUT2D eigenvalue weighted by Crippen LogP contribution is 2.23. The van der Waals surface area contributed by atoms with Crippen LogP contribution in [0.4, 0.5) is 5.69 Å². The first-order valence-corrected chi connectivity index (χ1v) is 6.65. The number of anilines is 1. The van der Waals surface area contributed by atoms with Crippen molar-refractivity contribution in [1.29, 1.82) is 0 Å². The molecular formula is C13H14ClN3OS. The van der Waals surface area contributed by atoms with Crippen LogP contribution in [0.2, 0.25) is 5.02 Å². The molecule has 0 fully saturated rings. The lowest BCUT2D eigenvalue weighted by Gasteiger charge is -2.08. The molecule has 100 valence electrons. The van der Waals surface area contributed by atoms with E-state index in [1.807, 2.05) is 19.1 Å². The lowest BCUT2D eigenvalue weighted by molar-refractivity contribution is 0.466. The van der Waals surface area contributed by atoms with E-state index in [4.69, 9.17) is 34.0 Å². The van der Waals surface area contributed by atoms with Gasteiger partial charge in [-0.3, -0.25) is 0 Å². The van der Waals surface area contributed by atoms with Gasteiger partial charge in [-0.05, 0) is 18.2 Å². The molecule has 4 nitrogen and oxygen atoms in total. The number of aryl methyl sites for hydroxylation is 1. The highest BCUT2D eigenvalue weighted by atomic mass is 35.5. The molecule has 0 unspecified atom stereocenters. The molecule has 1 heterocycles. The zero-order chi connectivity index (χ0) is 13.8. The molecule has 0 saturated carbocycles. The average molecular weight is 296 g/mol. The van der Waals surface area contributed by atoms with Crippen molar-refractivity contribution in [2.45, 2.75) is 19.9 Å². The highest BCUT2D eigenvalue weighted by molar-refractivity contribution is 7.80. The Hall–Kier alpha value is -1.59. The van der Waals surface area contributed by atoms with Crippen molar-refractivity contribution in [2.75, 3.05) is 5.32 Å². The van der Waals surface area contributed by atoms with Crippen molar-refractivity contribution in [3.63, 3.8) is 0 Å². The summed E-state index contributed by atoms with van der Waals surface area (Å²) >= 11 is 11.0. The summed E-state index contributed by atoms with van der Waals surface area (Å²) in [6, 6.07) is 5.39. The minimum absolute atomic E-state index is 0.328. The van der Waals surface area contributed by atoms with Crippen molar-refractivity contribution >= 4 is 34.5 Å². The topological polar surface area (TPSA) is 64.1 Å². The zero-order valence-electron chi connectivity index (χ0n) is 10.4. The number of halogens is 1. The Labute approximate surface area is 122 Å². The Morgan fingerprint density at radius 3 is 2.89 bits per heavy atom. The maximum absolute atomic E-state index is 6.14. The SMILES string of the molecule is CCc1cnc(CNc2ccc(C(N)=S)cc2Cl)o1. The Bertz CT molecular complexity index is 597. The van der Waals surface area contributed by atoms with Crippen LogP contribution in [0.25, 0.3) is 0 Å². The Morgan fingerprint density at radius 1 is 1.53 bits per heavy atom. The van der Waals surface area contributed by atoms with E-state index < -0.39 is 0 Å². The summed E-state index contributed by atoms with van der Waals surface area (Å²) in [5.41, 5.74) is 7.08. The lowest BCUT2D eigenvalue weighted by atomic mass is 10.2. The number of hydrogen-bond acceptors (Lipinski definition) is 4. The highest BCUT2D eigenvalue weighted by Gasteiger charge is 2.06. The largest absolute Gasteiger partial charge is 0.444 e. The third-order valence-corrected chi connectivity index (χ3v) is 3.18. The van der Waals surface area contributed by atoms with Crippen molar-refractivity contribution in [3.05, 3.63) is 46.6 Å². The minimum Gasteiger partial charge on any atom is -0.444 e. The molecule has 6 heteroatoms. The van der Waals surface area contributed by atoms with Crippen LogP contribution in [0.15, 0.2) is 28.8 Å². The molecule has 3 N–H and O–H groups in total. The molecule has 0 atom stereocenters. The van der Waals surface area contributed by atoms with Gasteiger partial charge < -0.3 is 15.5 Å². The van der Waals surface area contributed by atoms with E-state index in [0.29, 0.717) is 22.4 Å². The molecule has 0 radical (unpaired) electrons. The van der Waals surface area contributed by atoms with Gasteiger partial charge in [0.1, 0.15) is 10.7 Å². The third kappa shape index (κ3) is 3.45. The molecule has 19 heavy (non-hydrogen) atoms. The molecule has 1 aromatic carbocycles. The molecule has 2 aromatic rings. The fraction of sp³-hybridized carbons (Fsp3) is 0.231. The summed E-state index contributed by atoms with van der Waals surface area (Å²) in [6.07, 6.45) is 2.56. The van der Waals surface area contributed by atoms with Gasteiger partial charge in [0, 0.05) is 12.0 Å². The quantitative estimate of drug-likeness (QED) is 0.830. The number of nitrogens with one attached hydrogen (secondary N) is 1. The third-order valence-electron chi connectivity index (χ3n) is 2.63. The predicted molar refractivity (Wildman–Crippen MR) is 80.5 cm³/mol. The van der Waals surface area contributed by atoms with Gasteiger partial charge in [0.15, 0.2) is 0 Å². The van der Waals surface area contributed by atoms with Crippen molar-refractivity contribution in [3.8, 4) is 0 Å².